The number of likely N-dealkylation sites (tertiary alicyclic amines) is 1. The molecule has 0 N–H and O–H groups in total. The molecule has 2 aromatic rings. The zero-order chi connectivity index (χ0) is 16.7. The van der Waals surface area contributed by atoms with Crippen LogP contribution < -0.4 is 9.47 Å². The average molecular weight is 323 g/mol. The average Bonchev–Trinajstić information content (AvgIpc) is 3.13. The summed E-state index contributed by atoms with van der Waals surface area (Å²) in [6, 6.07) is 14.1. The molecule has 1 aliphatic heterocycles. The summed E-state index contributed by atoms with van der Waals surface area (Å²) < 4.78 is 11.0. The molecule has 2 aliphatic rings. The van der Waals surface area contributed by atoms with Crippen LogP contribution in [0.15, 0.2) is 42.5 Å². The molecule has 2 unspecified atom stereocenters. The Balaban J connectivity index is 1.65. The second-order valence-electron chi connectivity index (χ2n) is 6.52. The number of Topliss-reactive ketones (excluding diaryl/α,β-unsaturated/α-hetero) is 1. The SMILES string of the molecule is COc1ccc2c(c1OC)C1CN(Cc3ccccc3)CC1C2=O. The fourth-order valence-corrected chi connectivity index (χ4v) is 4.15. The Bertz CT molecular complexity index is 772. The molecule has 1 saturated heterocycles. The van der Waals surface area contributed by atoms with Crippen LogP contribution in [0.3, 0.4) is 0 Å². The predicted molar refractivity (Wildman–Crippen MR) is 91.8 cm³/mol. The van der Waals surface area contributed by atoms with Gasteiger partial charge < -0.3 is 9.47 Å². The van der Waals surface area contributed by atoms with Crippen molar-refractivity contribution in [3.63, 3.8) is 0 Å². The number of nitrogens with zero attached hydrogens (tertiary/aromatic N) is 1. The van der Waals surface area contributed by atoms with Crippen LogP contribution in [0, 0.1) is 5.92 Å². The maximum atomic E-state index is 12.8. The highest BCUT2D eigenvalue weighted by molar-refractivity contribution is 6.04. The minimum Gasteiger partial charge on any atom is -0.493 e. The van der Waals surface area contributed by atoms with Crippen molar-refractivity contribution >= 4 is 5.78 Å². The van der Waals surface area contributed by atoms with Crippen molar-refractivity contribution in [2.24, 2.45) is 5.92 Å². The van der Waals surface area contributed by atoms with Crippen LogP contribution in [0.2, 0.25) is 0 Å². The number of hydrogen-bond acceptors (Lipinski definition) is 4. The molecule has 4 rings (SSSR count). The molecule has 1 aliphatic carbocycles. The van der Waals surface area contributed by atoms with E-state index in [-0.39, 0.29) is 17.6 Å². The monoisotopic (exact) mass is 323 g/mol. The molecule has 124 valence electrons. The number of hydrogen-bond donors (Lipinski definition) is 0. The fraction of sp³-hybridized carbons (Fsp3) is 0.350. The largest absolute Gasteiger partial charge is 0.493 e. The molecule has 24 heavy (non-hydrogen) atoms. The van der Waals surface area contributed by atoms with Crippen molar-refractivity contribution in [1.82, 2.24) is 4.90 Å². The first kappa shape index (κ1) is 15.2. The predicted octanol–water partition coefficient (Wildman–Crippen LogP) is 3.12. The lowest BCUT2D eigenvalue weighted by molar-refractivity contribution is 0.0931. The van der Waals surface area contributed by atoms with E-state index in [4.69, 9.17) is 9.47 Å². The lowest BCUT2D eigenvalue weighted by Crippen LogP contribution is -2.23. The molecule has 4 nitrogen and oxygen atoms in total. The Labute approximate surface area is 142 Å². The van der Waals surface area contributed by atoms with E-state index < -0.39 is 0 Å². The van der Waals surface area contributed by atoms with Crippen LogP contribution >= 0.6 is 0 Å². The van der Waals surface area contributed by atoms with Crippen molar-refractivity contribution in [1.29, 1.82) is 0 Å². The Morgan fingerprint density at radius 2 is 1.75 bits per heavy atom. The first-order valence-electron chi connectivity index (χ1n) is 8.28. The van der Waals surface area contributed by atoms with Gasteiger partial charge in [-0.05, 0) is 17.7 Å². The van der Waals surface area contributed by atoms with Gasteiger partial charge in [-0.25, -0.2) is 0 Å². The van der Waals surface area contributed by atoms with Gasteiger partial charge in [-0.2, -0.15) is 0 Å². The standard InChI is InChI=1S/C20H21NO3/c1-23-17-9-8-14-18(20(17)24-2)15-11-21(12-16(15)19(14)22)10-13-6-4-3-5-7-13/h3-9,15-16H,10-12H2,1-2H3. The highest BCUT2D eigenvalue weighted by atomic mass is 16.5. The van der Waals surface area contributed by atoms with Gasteiger partial charge in [-0.15, -0.1) is 0 Å². The highest BCUT2D eigenvalue weighted by Gasteiger charge is 2.47. The zero-order valence-electron chi connectivity index (χ0n) is 14.0. The van der Waals surface area contributed by atoms with Gasteiger partial charge in [-0.3, -0.25) is 9.69 Å². The van der Waals surface area contributed by atoms with Crippen LogP contribution in [0.5, 0.6) is 11.5 Å². The maximum absolute atomic E-state index is 12.8. The fourth-order valence-electron chi connectivity index (χ4n) is 4.15. The normalized spacial score (nSPS) is 22.3. The Morgan fingerprint density at radius 1 is 1.00 bits per heavy atom. The second kappa shape index (κ2) is 5.95. The quantitative estimate of drug-likeness (QED) is 0.866. The van der Waals surface area contributed by atoms with Gasteiger partial charge in [0.25, 0.3) is 0 Å². The van der Waals surface area contributed by atoms with Crippen LogP contribution in [-0.4, -0.2) is 38.0 Å². The summed E-state index contributed by atoms with van der Waals surface area (Å²) in [5.74, 6) is 1.89. The molecule has 0 spiro atoms. The number of carbonyl (C=O) groups is 1. The number of carbonyl (C=O) groups excluding carboxylic acids is 1. The first-order valence-corrected chi connectivity index (χ1v) is 8.28. The summed E-state index contributed by atoms with van der Waals surface area (Å²) in [5, 5.41) is 0. The van der Waals surface area contributed by atoms with Crippen LogP contribution in [0.25, 0.3) is 0 Å². The van der Waals surface area contributed by atoms with E-state index in [1.54, 1.807) is 14.2 Å². The molecule has 4 heteroatoms. The molecule has 0 radical (unpaired) electrons. The lowest BCUT2D eigenvalue weighted by Gasteiger charge is -2.19. The van der Waals surface area contributed by atoms with Crippen molar-refractivity contribution in [3.05, 3.63) is 59.2 Å². The van der Waals surface area contributed by atoms with Gasteiger partial charge in [0.15, 0.2) is 17.3 Å². The Hall–Kier alpha value is -2.33. The zero-order valence-corrected chi connectivity index (χ0v) is 14.0. The van der Waals surface area contributed by atoms with Gasteiger partial charge in [0.1, 0.15) is 0 Å². The summed E-state index contributed by atoms with van der Waals surface area (Å²) in [6.45, 7) is 2.56. The number of rotatable bonds is 4. The Kier molecular flexibility index (Phi) is 3.77. The molecular formula is C20H21NO3. The topological polar surface area (TPSA) is 38.8 Å². The van der Waals surface area contributed by atoms with E-state index in [9.17, 15) is 4.79 Å². The first-order chi connectivity index (χ1) is 11.7. The van der Waals surface area contributed by atoms with Crippen molar-refractivity contribution in [3.8, 4) is 11.5 Å². The van der Waals surface area contributed by atoms with Gasteiger partial charge in [-0.1, -0.05) is 30.3 Å². The van der Waals surface area contributed by atoms with Crippen LogP contribution in [0.1, 0.15) is 27.4 Å². The van der Waals surface area contributed by atoms with E-state index in [0.29, 0.717) is 5.75 Å². The van der Waals surface area contributed by atoms with Gasteiger partial charge in [0.2, 0.25) is 0 Å². The third kappa shape index (κ3) is 2.29. The molecule has 1 heterocycles. The van der Waals surface area contributed by atoms with Crippen molar-refractivity contribution in [2.45, 2.75) is 12.5 Å². The number of methoxy groups -OCH3 is 2. The minimum absolute atomic E-state index is 0.0321. The lowest BCUT2D eigenvalue weighted by atomic mass is 9.95. The number of ketones is 1. The summed E-state index contributed by atoms with van der Waals surface area (Å²) in [7, 11) is 3.28. The number of benzene rings is 2. The highest BCUT2D eigenvalue weighted by Crippen LogP contribution is 2.50. The van der Waals surface area contributed by atoms with Crippen molar-refractivity contribution in [2.75, 3.05) is 27.3 Å². The third-order valence-electron chi connectivity index (χ3n) is 5.20. The second-order valence-corrected chi connectivity index (χ2v) is 6.52. The summed E-state index contributed by atoms with van der Waals surface area (Å²) >= 11 is 0. The number of fused-ring (bicyclic) bond motifs is 3. The molecule has 0 amide bonds. The summed E-state index contributed by atoms with van der Waals surface area (Å²) in [4.78, 5) is 15.2. The van der Waals surface area contributed by atoms with Crippen molar-refractivity contribution < 1.29 is 14.3 Å². The van der Waals surface area contributed by atoms with E-state index in [1.165, 1.54) is 5.56 Å². The Morgan fingerprint density at radius 3 is 2.46 bits per heavy atom. The maximum Gasteiger partial charge on any atom is 0.168 e. The number of ether oxygens (including phenoxy) is 2. The molecule has 1 fully saturated rings. The summed E-state index contributed by atoms with van der Waals surface area (Å²) in [5.41, 5.74) is 3.12. The summed E-state index contributed by atoms with van der Waals surface area (Å²) in [6.07, 6.45) is 0. The molecule has 0 aromatic heterocycles. The van der Waals surface area contributed by atoms with Crippen LogP contribution in [-0.2, 0) is 6.54 Å². The van der Waals surface area contributed by atoms with E-state index in [0.717, 1.165) is 36.5 Å². The van der Waals surface area contributed by atoms with Gasteiger partial charge in [0, 0.05) is 42.6 Å². The third-order valence-corrected chi connectivity index (χ3v) is 5.20. The van der Waals surface area contributed by atoms with E-state index in [1.807, 2.05) is 18.2 Å². The molecular weight excluding hydrogens is 302 g/mol. The van der Waals surface area contributed by atoms with Gasteiger partial charge >= 0.3 is 0 Å². The molecule has 2 atom stereocenters. The van der Waals surface area contributed by atoms with Gasteiger partial charge in [0.05, 0.1) is 14.2 Å². The molecule has 2 aromatic carbocycles. The van der Waals surface area contributed by atoms with Crippen LogP contribution in [0.4, 0.5) is 0 Å². The van der Waals surface area contributed by atoms with E-state index >= 15 is 0 Å². The van der Waals surface area contributed by atoms with E-state index in [2.05, 4.69) is 29.2 Å². The minimum atomic E-state index is 0.0321. The molecule has 0 bridgehead atoms. The smallest absolute Gasteiger partial charge is 0.168 e. The molecule has 0 saturated carbocycles.